The van der Waals surface area contributed by atoms with Crippen LogP contribution in [0.4, 0.5) is 0 Å². The summed E-state index contributed by atoms with van der Waals surface area (Å²) in [5, 5.41) is 12.4. The van der Waals surface area contributed by atoms with E-state index >= 15 is 0 Å². The van der Waals surface area contributed by atoms with Crippen molar-refractivity contribution < 1.29 is 0 Å². The lowest BCUT2D eigenvalue weighted by atomic mass is 10.0. The van der Waals surface area contributed by atoms with Crippen molar-refractivity contribution in [2.75, 3.05) is 0 Å². The molecule has 0 fully saturated rings. The van der Waals surface area contributed by atoms with Crippen LogP contribution in [0.3, 0.4) is 0 Å². The standard InChI is InChI=1S/C17H18N2/c1-13-6-3-4-9-17(13)14(2)19-12-16-8-5-7-15(10-16)11-18/h3-10,14,19H,12H2,1-2H3. The van der Waals surface area contributed by atoms with Gasteiger partial charge in [-0.05, 0) is 42.7 Å². The van der Waals surface area contributed by atoms with E-state index in [1.165, 1.54) is 11.1 Å². The van der Waals surface area contributed by atoms with Gasteiger partial charge in [0.05, 0.1) is 11.6 Å². The van der Waals surface area contributed by atoms with Crippen molar-refractivity contribution in [1.29, 1.82) is 5.26 Å². The highest BCUT2D eigenvalue weighted by molar-refractivity contribution is 5.33. The number of nitrogens with one attached hydrogen (secondary N) is 1. The van der Waals surface area contributed by atoms with Crippen molar-refractivity contribution in [3.8, 4) is 6.07 Å². The predicted octanol–water partition coefficient (Wildman–Crippen LogP) is 3.72. The summed E-state index contributed by atoms with van der Waals surface area (Å²) >= 11 is 0. The average Bonchev–Trinajstić information content (AvgIpc) is 2.45. The van der Waals surface area contributed by atoms with E-state index in [1.807, 2.05) is 24.3 Å². The third-order valence-electron chi connectivity index (χ3n) is 3.32. The van der Waals surface area contributed by atoms with E-state index in [0.717, 1.165) is 12.1 Å². The van der Waals surface area contributed by atoms with Crippen LogP contribution in [0.25, 0.3) is 0 Å². The highest BCUT2D eigenvalue weighted by Gasteiger charge is 2.07. The first-order valence-corrected chi connectivity index (χ1v) is 6.48. The van der Waals surface area contributed by atoms with Crippen LogP contribution in [0.1, 0.15) is 35.2 Å². The Morgan fingerprint density at radius 1 is 1.16 bits per heavy atom. The summed E-state index contributed by atoms with van der Waals surface area (Å²) in [6, 6.07) is 18.6. The van der Waals surface area contributed by atoms with Gasteiger partial charge in [-0.15, -0.1) is 0 Å². The summed E-state index contributed by atoms with van der Waals surface area (Å²) < 4.78 is 0. The van der Waals surface area contributed by atoms with Gasteiger partial charge in [-0.2, -0.15) is 5.26 Å². The number of aryl methyl sites for hydroxylation is 1. The van der Waals surface area contributed by atoms with Gasteiger partial charge >= 0.3 is 0 Å². The topological polar surface area (TPSA) is 35.8 Å². The van der Waals surface area contributed by atoms with E-state index in [1.54, 1.807) is 0 Å². The van der Waals surface area contributed by atoms with Gasteiger partial charge in [0.25, 0.3) is 0 Å². The molecular formula is C17H18N2. The van der Waals surface area contributed by atoms with Crippen molar-refractivity contribution >= 4 is 0 Å². The summed E-state index contributed by atoms with van der Waals surface area (Å²) in [5.74, 6) is 0. The van der Waals surface area contributed by atoms with Crippen molar-refractivity contribution in [2.24, 2.45) is 0 Å². The maximum atomic E-state index is 8.88. The summed E-state index contributed by atoms with van der Waals surface area (Å²) in [5.41, 5.74) is 4.47. The Morgan fingerprint density at radius 3 is 2.68 bits per heavy atom. The first-order valence-electron chi connectivity index (χ1n) is 6.48. The van der Waals surface area contributed by atoms with Crippen LogP contribution >= 0.6 is 0 Å². The highest BCUT2D eigenvalue weighted by Crippen LogP contribution is 2.17. The van der Waals surface area contributed by atoms with Gasteiger partial charge in [-0.1, -0.05) is 36.4 Å². The van der Waals surface area contributed by atoms with Crippen LogP contribution in [0.5, 0.6) is 0 Å². The second kappa shape index (κ2) is 6.17. The van der Waals surface area contributed by atoms with E-state index in [-0.39, 0.29) is 0 Å². The first kappa shape index (κ1) is 13.3. The van der Waals surface area contributed by atoms with Crippen LogP contribution in [-0.2, 0) is 6.54 Å². The molecule has 2 rings (SSSR count). The predicted molar refractivity (Wildman–Crippen MR) is 77.6 cm³/mol. The second-order valence-electron chi connectivity index (χ2n) is 4.77. The quantitative estimate of drug-likeness (QED) is 0.897. The molecule has 1 N–H and O–H groups in total. The molecule has 2 aromatic carbocycles. The molecule has 0 aromatic heterocycles. The Hall–Kier alpha value is -2.11. The lowest BCUT2D eigenvalue weighted by Gasteiger charge is -2.16. The van der Waals surface area contributed by atoms with E-state index in [4.69, 9.17) is 5.26 Å². The van der Waals surface area contributed by atoms with E-state index < -0.39 is 0 Å². The molecule has 2 aromatic rings. The zero-order valence-electron chi connectivity index (χ0n) is 11.4. The fourth-order valence-corrected chi connectivity index (χ4v) is 2.20. The summed E-state index contributed by atoms with van der Waals surface area (Å²) in [6.45, 7) is 5.06. The van der Waals surface area contributed by atoms with E-state index in [0.29, 0.717) is 11.6 Å². The Bertz CT molecular complexity index is 596. The number of benzene rings is 2. The van der Waals surface area contributed by atoms with Gasteiger partial charge in [0.2, 0.25) is 0 Å². The monoisotopic (exact) mass is 250 g/mol. The van der Waals surface area contributed by atoms with Gasteiger partial charge in [-0.25, -0.2) is 0 Å². The molecule has 0 aliphatic heterocycles. The molecule has 0 spiro atoms. The Labute approximate surface area is 114 Å². The number of rotatable bonds is 4. The van der Waals surface area contributed by atoms with Crippen LogP contribution in [-0.4, -0.2) is 0 Å². The summed E-state index contributed by atoms with van der Waals surface area (Å²) in [4.78, 5) is 0. The minimum atomic E-state index is 0.298. The average molecular weight is 250 g/mol. The van der Waals surface area contributed by atoms with Crippen LogP contribution in [0.15, 0.2) is 48.5 Å². The van der Waals surface area contributed by atoms with Gasteiger partial charge in [0.15, 0.2) is 0 Å². The molecule has 0 heterocycles. The summed E-state index contributed by atoms with van der Waals surface area (Å²) in [7, 11) is 0. The molecule has 2 heteroatoms. The largest absolute Gasteiger partial charge is 0.306 e. The number of hydrogen-bond donors (Lipinski definition) is 1. The second-order valence-corrected chi connectivity index (χ2v) is 4.77. The molecule has 0 bridgehead atoms. The molecule has 0 amide bonds. The lowest BCUT2D eigenvalue weighted by Crippen LogP contribution is -2.18. The normalized spacial score (nSPS) is 11.8. The zero-order chi connectivity index (χ0) is 13.7. The molecule has 96 valence electrons. The van der Waals surface area contributed by atoms with Crippen molar-refractivity contribution in [2.45, 2.75) is 26.4 Å². The van der Waals surface area contributed by atoms with Crippen LogP contribution in [0.2, 0.25) is 0 Å². The van der Waals surface area contributed by atoms with E-state index in [9.17, 15) is 0 Å². The molecule has 1 atom stereocenters. The molecule has 0 saturated carbocycles. The smallest absolute Gasteiger partial charge is 0.0991 e. The third kappa shape index (κ3) is 3.43. The van der Waals surface area contributed by atoms with Crippen molar-refractivity contribution in [3.05, 3.63) is 70.8 Å². The molecule has 0 radical (unpaired) electrons. The van der Waals surface area contributed by atoms with Crippen LogP contribution in [0, 0.1) is 18.3 Å². The fraction of sp³-hybridized carbons (Fsp3) is 0.235. The van der Waals surface area contributed by atoms with Crippen LogP contribution < -0.4 is 5.32 Å². The Morgan fingerprint density at radius 2 is 1.95 bits per heavy atom. The zero-order valence-corrected chi connectivity index (χ0v) is 11.4. The number of hydrogen-bond acceptors (Lipinski definition) is 2. The highest BCUT2D eigenvalue weighted by atomic mass is 14.9. The molecule has 1 unspecified atom stereocenters. The van der Waals surface area contributed by atoms with Gasteiger partial charge in [-0.3, -0.25) is 0 Å². The molecular weight excluding hydrogens is 232 g/mol. The van der Waals surface area contributed by atoms with Gasteiger partial charge < -0.3 is 5.32 Å². The third-order valence-corrected chi connectivity index (χ3v) is 3.32. The Kier molecular flexibility index (Phi) is 4.33. The number of nitrogens with zero attached hydrogens (tertiary/aromatic N) is 1. The SMILES string of the molecule is Cc1ccccc1C(C)NCc1cccc(C#N)c1. The maximum absolute atomic E-state index is 8.88. The Balaban J connectivity index is 2.03. The molecule has 0 aliphatic rings. The lowest BCUT2D eigenvalue weighted by molar-refractivity contribution is 0.572. The van der Waals surface area contributed by atoms with E-state index in [2.05, 4.69) is 49.5 Å². The van der Waals surface area contributed by atoms with Crippen molar-refractivity contribution in [1.82, 2.24) is 5.32 Å². The summed E-state index contributed by atoms with van der Waals surface area (Å²) in [6.07, 6.45) is 0. The molecule has 0 saturated heterocycles. The van der Waals surface area contributed by atoms with Crippen molar-refractivity contribution in [3.63, 3.8) is 0 Å². The number of nitriles is 1. The molecule has 0 aliphatic carbocycles. The first-order chi connectivity index (χ1) is 9.20. The fourth-order valence-electron chi connectivity index (χ4n) is 2.20. The molecule has 2 nitrogen and oxygen atoms in total. The minimum absolute atomic E-state index is 0.298. The maximum Gasteiger partial charge on any atom is 0.0991 e. The minimum Gasteiger partial charge on any atom is -0.306 e. The van der Waals surface area contributed by atoms with Gasteiger partial charge in [0.1, 0.15) is 0 Å². The van der Waals surface area contributed by atoms with Gasteiger partial charge in [0, 0.05) is 12.6 Å². The molecule has 19 heavy (non-hydrogen) atoms.